The molecule has 0 fully saturated rings. The summed E-state index contributed by atoms with van der Waals surface area (Å²) in [7, 11) is 0. The molecular weight excluding hydrogens is 165 g/mol. The predicted octanol–water partition coefficient (Wildman–Crippen LogP) is 4.08. The summed E-state index contributed by atoms with van der Waals surface area (Å²) in [6.07, 6.45) is 1.94. The van der Waals surface area contributed by atoms with Crippen LogP contribution in [0, 0.1) is 0 Å². The summed E-state index contributed by atoms with van der Waals surface area (Å²) in [5, 5.41) is 0. The zero-order chi connectivity index (χ0) is 9.45. The van der Waals surface area contributed by atoms with E-state index < -0.39 is 12.6 Å². The van der Waals surface area contributed by atoms with Crippen molar-refractivity contribution in [2.45, 2.75) is 45.2 Å². The largest absolute Gasteiger partial charge is 0.392 e. The van der Waals surface area contributed by atoms with E-state index in [9.17, 15) is 13.2 Å². The second kappa shape index (κ2) is 6.09. The van der Waals surface area contributed by atoms with Crippen molar-refractivity contribution in [3.63, 3.8) is 0 Å². The molecule has 0 nitrogen and oxygen atoms in total. The fourth-order valence-electron chi connectivity index (χ4n) is 0.847. The van der Waals surface area contributed by atoms with Gasteiger partial charge < -0.3 is 0 Å². The number of unbranched alkanes of at least 4 members (excludes halogenated alkanes) is 3. The van der Waals surface area contributed by atoms with E-state index in [1.807, 2.05) is 0 Å². The van der Waals surface area contributed by atoms with E-state index in [-0.39, 0.29) is 0 Å². The van der Waals surface area contributed by atoms with Crippen molar-refractivity contribution in [3.05, 3.63) is 12.2 Å². The van der Waals surface area contributed by atoms with Gasteiger partial charge in [0.25, 0.3) is 0 Å². The quantitative estimate of drug-likeness (QED) is 0.442. The Kier molecular flexibility index (Phi) is 5.85. The highest BCUT2D eigenvalue weighted by molar-refractivity contribution is 4.83. The van der Waals surface area contributed by atoms with Crippen LogP contribution in [0.2, 0.25) is 0 Å². The second-order valence-corrected chi connectivity index (χ2v) is 2.79. The first kappa shape index (κ1) is 11.5. The van der Waals surface area contributed by atoms with Gasteiger partial charge in [0.1, 0.15) is 0 Å². The Morgan fingerprint density at radius 2 is 1.75 bits per heavy atom. The van der Waals surface area contributed by atoms with Crippen LogP contribution < -0.4 is 0 Å². The van der Waals surface area contributed by atoms with Crippen LogP contribution in [0.25, 0.3) is 0 Å². The van der Waals surface area contributed by atoms with Crippen molar-refractivity contribution >= 4 is 0 Å². The molecule has 0 aliphatic rings. The first-order valence-corrected chi connectivity index (χ1v) is 4.28. The monoisotopic (exact) mass is 180 g/mol. The molecule has 0 aromatic carbocycles. The van der Waals surface area contributed by atoms with Gasteiger partial charge in [0, 0.05) is 0 Å². The lowest BCUT2D eigenvalue weighted by Gasteiger charge is -1.99. The molecule has 0 rings (SSSR count). The first-order chi connectivity index (χ1) is 5.56. The molecule has 0 spiro atoms. The number of hydrogen-bond donors (Lipinski definition) is 0. The lowest BCUT2D eigenvalue weighted by Crippen LogP contribution is -2.03. The second-order valence-electron chi connectivity index (χ2n) is 2.79. The van der Waals surface area contributed by atoms with Crippen LogP contribution in [0.5, 0.6) is 0 Å². The molecule has 0 aliphatic carbocycles. The van der Waals surface area contributed by atoms with Gasteiger partial charge in [-0.2, -0.15) is 13.2 Å². The molecule has 0 aliphatic heterocycles. The fourth-order valence-corrected chi connectivity index (χ4v) is 0.847. The molecule has 0 aromatic heterocycles. The molecule has 0 radical (unpaired) electrons. The standard InChI is InChI=1S/C9H15F3/c1-2-3-4-5-6-7-8-9(10,11)12/h6-7H,2-5,8H2,1H3. The van der Waals surface area contributed by atoms with Gasteiger partial charge in [-0.05, 0) is 12.8 Å². The van der Waals surface area contributed by atoms with Gasteiger partial charge in [-0.25, -0.2) is 0 Å². The van der Waals surface area contributed by atoms with E-state index in [1.54, 1.807) is 6.08 Å². The van der Waals surface area contributed by atoms with Crippen LogP contribution in [0.1, 0.15) is 39.0 Å². The molecule has 0 atom stereocenters. The molecule has 0 N–H and O–H groups in total. The Bertz CT molecular complexity index is 124. The first-order valence-electron chi connectivity index (χ1n) is 4.28. The topological polar surface area (TPSA) is 0 Å². The maximum atomic E-state index is 11.6. The molecule has 0 bridgehead atoms. The third kappa shape index (κ3) is 9.53. The molecule has 0 saturated carbocycles. The fraction of sp³-hybridized carbons (Fsp3) is 0.778. The lowest BCUT2D eigenvalue weighted by atomic mass is 10.2. The van der Waals surface area contributed by atoms with Crippen LogP contribution in [-0.4, -0.2) is 6.18 Å². The Balaban J connectivity index is 3.26. The number of rotatable bonds is 5. The zero-order valence-electron chi connectivity index (χ0n) is 7.32. The number of allylic oxidation sites excluding steroid dienone is 2. The summed E-state index contributed by atoms with van der Waals surface area (Å²) in [5.74, 6) is 0. The minimum Gasteiger partial charge on any atom is -0.171 e. The highest BCUT2D eigenvalue weighted by Crippen LogP contribution is 2.19. The van der Waals surface area contributed by atoms with Crippen LogP contribution in [-0.2, 0) is 0 Å². The van der Waals surface area contributed by atoms with Crippen molar-refractivity contribution in [3.8, 4) is 0 Å². The maximum Gasteiger partial charge on any atom is 0.392 e. The van der Waals surface area contributed by atoms with Crippen LogP contribution in [0.15, 0.2) is 12.2 Å². The Morgan fingerprint density at radius 3 is 2.25 bits per heavy atom. The lowest BCUT2D eigenvalue weighted by molar-refractivity contribution is -0.125. The summed E-state index contributed by atoms with van der Waals surface area (Å²) in [6.45, 7) is 2.07. The summed E-state index contributed by atoms with van der Waals surface area (Å²) in [4.78, 5) is 0. The summed E-state index contributed by atoms with van der Waals surface area (Å²) < 4.78 is 34.7. The van der Waals surface area contributed by atoms with Crippen molar-refractivity contribution in [2.24, 2.45) is 0 Å². The van der Waals surface area contributed by atoms with Crippen LogP contribution >= 0.6 is 0 Å². The average molecular weight is 180 g/mol. The maximum absolute atomic E-state index is 11.6. The third-order valence-electron chi connectivity index (χ3n) is 1.49. The molecule has 0 saturated heterocycles. The van der Waals surface area contributed by atoms with Crippen LogP contribution in [0.4, 0.5) is 13.2 Å². The van der Waals surface area contributed by atoms with Gasteiger partial charge in [-0.3, -0.25) is 0 Å². The van der Waals surface area contributed by atoms with E-state index >= 15 is 0 Å². The molecule has 0 unspecified atom stereocenters. The van der Waals surface area contributed by atoms with E-state index in [2.05, 4.69) is 6.92 Å². The highest BCUT2D eigenvalue weighted by atomic mass is 19.4. The molecule has 0 aromatic rings. The summed E-state index contributed by atoms with van der Waals surface area (Å²) in [6, 6.07) is 0. The minimum atomic E-state index is -4.04. The molecule has 72 valence electrons. The average Bonchev–Trinajstić information content (AvgIpc) is 1.94. The summed E-state index contributed by atoms with van der Waals surface area (Å²) >= 11 is 0. The molecule has 3 heteroatoms. The Morgan fingerprint density at radius 1 is 1.08 bits per heavy atom. The Hall–Kier alpha value is -0.470. The van der Waals surface area contributed by atoms with Gasteiger partial charge in [0.05, 0.1) is 6.42 Å². The van der Waals surface area contributed by atoms with Crippen molar-refractivity contribution in [1.82, 2.24) is 0 Å². The van der Waals surface area contributed by atoms with Gasteiger partial charge >= 0.3 is 6.18 Å². The van der Waals surface area contributed by atoms with Gasteiger partial charge in [0.2, 0.25) is 0 Å². The van der Waals surface area contributed by atoms with Crippen molar-refractivity contribution in [1.29, 1.82) is 0 Å². The normalized spacial score (nSPS) is 12.7. The smallest absolute Gasteiger partial charge is 0.171 e. The minimum absolute atomic E-state index is 0.768. The summed E-state index contributed by atoms with van der Waals surface area (Å²) in [5.41, 5.74) is 0. The van der Waals surface area contributed by atoms with E-state index in [0.29, 0.717) is 0 Å². The third-order valence-corrected chi connectivity index (χ3v) is 1.49. The number of alkyl halides is 3. The van der Waals surface area contributed by atoms with E-state index in [0.717, 1.165) is 25.7 Å². The van der Waals surface area contributed by atoms with Gasteiger partial charge in [-0.1, -0.05) is 31.9 Å². The van der Waals surface area contributed by atoms with Crippen LogP contribution in [0.3, 0.4) is 0 Å². The number of hydrogen-bond acceptors (Lipinski definition) is 0. The SMILES string of the molecule is CCCCCC=CCC(F)(F)F. The molecule has 12 heavy (non-hydrogen) atoms. The highest BCUT2D eigenvalue weighted by Gasteiger charge is 2.24. The predicted molar refractivity (Wildman–Crippen MR) is 44.0 cm³/mol. The van der Waals surface area contributed by atoms with Crippen molar-refractivity contribution in [2.75, 3.05) is 0 Å². The number of halogens is 3. The van der Waals surface area contributed by atoms with E-state index in [4.69, 9.17) is 0 Å². The van der Waals surface area contributed by atoms with Gasteiger partial charge in [0.15, 0.2) is 0 Å². The Labute approximate surface area is 71.5 Å². The van der Waals surface area contributed by atoms with Crippen molar-refractivity contribution < 1.29 is 13.2 Å². The molecule has 0 amide bonds. The zero-order valence-corrected chi connectivity index (χ0v) is 7.32. The van der Waals surface area contributed by atoms with E-state index in [1.165, 1.54) is 6.08 Å². The molecule has 0 heterocycles. The van der Waals surface area contributed by atoms with Gasteiger partial charge in [-0.15, -0.1) is 0 Å². The molecular formula is C9H15F3.